The number of benzene rings is 2. The van der Waals surface area contributed by atoms with Crippen LogP contribution in [-0.4, -0.2) is 11.7 Å². The van der Waals surface area contributed by atoms with Crippen molar-refractivity contribution in [1.82, 2.24) is 0 Å². The van der Waals surface area contributed by atoms with Crippen molar-refractivity contribution in [2.75, 3.05) is 11.9 Å². The Morgan fingerprint density at radius 3 is 2.40 bits per heavy atom. The zero-order valence-corrected chi connectivity index (χ0v) is 12.3. The van der Waals surface area contributed by atoms with Gasteiger partial charge in [-0.3, -0.25) is 0 Å². The zero-order valence-electron chi connectivity index (χ0n) is 12.3. The lowest BCUT2D eigenvalue weighted by atomic mass is 9.83. The van der Waals surface area contributed by atoms with Crippen LogP contribution >= 0.6 is 0 Å². The minimum absolute atomic E-state index is 0.115. The minimum atomic E-state index is -0.436. The second-order valence-electron chi connectivity index (χ2n) is 5.89. The van der Waals surface area contributed by atoms with Crippen LogP contribution < -0.4 is 5.32 Å². The largest absolute Gasteiger partial charge is 0.388 e. The smallest absolute Gasteiger partial charge is 0.0897 e. The third kappa shape index (κ3) is 2.20. The standard InChI is InChI=1S/C18H21NO/c1-11-4-6-14(7-5-11)15-10-19-16-9-12(2)8-13(3)17(16)18(15)20/h4-9,15,18-20H,10H2,1-3H3. The molecular formula is C18H21NO. The van der Waals surface area contributed by atoms with Gasteiger partial charge in [0, 0.05) is 23.7 Å². The second-order valence-corrected chi connectivity index (χ2v) is 5.89. The lowest BCUT2D eigenvalue weighted by Gasteiger charge is -2.33. The molecule has 0 aliphatic carbocycles. The highest BCUT2D eigenvalue weighted by atomic mass is 16.3. The van der Waals surface area contributed by atoms with E-state index in [4.69, 9.17) is 0 Å². The van der Waals surface area contributed by atoms with E-state index in [0.29, 0.717) is 0 Å². The third-order valence-corrected chi connectivity index (χ3v) is 4.23. The summed E-state index contributed by atoms with van der Waals surface area (Å²) >= 11 is 0. The number of hydrogen-bond donors (Lipinski definition) is 2. The van der Waals surface area contributed by atoms with Crippen molar-refractivity contribution < 1.29 is 5.11 Å². The Hall–Kier alpha value is -1.80. The number of aryl methyl sites for hydroxylation is 3. The molecule has 2 heteroatoms. The molecular weight excluding hydrogens is 246 g/mol. The average molecular weight is 267 g/mol. The van der Waals surface area contributed by atoms with Crippen LogP contribution in [-0.2, 0) is 0 Å². The van der Waals surface area contributed by atoms with Gasteiger partial charge in [-0.15, -0.1) is 0 Å². The predicted octanol–water partition coefficient (Wildman–Crippen LogP) is 3.85. The maximum Gasteiger partial charge on any atom is 0.0897 e. The van der Waals surface area contributed by atoms with Crippen LogP contribution in [0.15, 0.2) is 36.4 Å². The van der Waals surface area contributed by atoms with Gasteiger partial charge in [-0.2, -0.15) is 0 Å². The van der Waals surface area contributed by atoms with Gasteiger partial charge in [0.05, 0.1) is 6.10 Å². The Labute approximate surface area is 120 Å². The van der Waals surface area contributed by atoms with Gasteiger partial charge in [0.1, 0.15) is 0 Å². The normalized spacial score (nSPS) is 21.2. The van der Waals surface area contributed by atoms with Crippen LogP contribution in [0.2, 0.25) is 0 Å². The van der Waals surface area contributed by atoms with Crippen molar-refractivity contribution in [1.29, 1.82) is 0 Å². The molecule has 0 amide bonds. The van der Waals surface area contributed by atoms with Crippen molar-refractivity contribution in [2.45, 2.75) is 32.8 Å². The van der Waals surface area contributed by atoms with E-state index in [2.05, 4.69) is 62.5 Å². The van der Waals surface area contributed by atoms with E-state index in [1.165, 1.54) is 16.7 Å². The molecule has 0 spiro atoms. The molecule has 3 rings (SSSR count). The van der Waals surface area contributed by atoms with E-state index in [1.807, 2.05) is 0 Å². The Morgan fingerprint density at radius 2 is 1.70 bits per heavy atom. The molecule has 0 saturated heterocycles. The van der Waals surface area contributed by atoms with Crippen LogP contribution in [0.25, 0.3) is 0 Å². The molecule has 2 aromatic rings. The molecule has 20 heavy (non-hydrogen) atoms. The van der Waals surface area contributed by atoms with Crippen LogP contribution in [0.1, 0.15) is 39.8 Å². The molecule has 104 valence electrons. The summed E-state index contributed by atoms with van der Waals surface area (Å²) in [4.78, 5) is 0. The van der Waals surface area contributed by atoms with E-state index < -0.39 is 6.10 Å². The Balaban J connectivity index is 2.00. The van der Waals surface area contributed by atoms with E-state index >= 15 is 0 Å². The molecule has 0 saturated carbocycles. The molecule has 2 unspecified atom stereocenters. The SMILES string of the molecule is Cc1ccc(C2CNc3cc(C)cc(C)c3C2O)cc1. The van der Waals surface area contributed by atoms with Crippen LogP contribution in [0.4, 0.5) is 5.69 Å². The van der Waals surface area contributed by atoms with Crippen molar-refractivity contribution in [3.8, 4) is 0 Å². The molecule has 1 aliphatic rings. The summed E-state index contributed by atoms with van der Waals surface area (Å²) in [5, 5.41) is 14.3. The topological polar surface area (TPSA) is 32.3 Å². The lowest BCUT2D eigenvalue weighted by molar-refractivity contribution is 0.145. The molecule has 2 atom stereocenters. The third-order valence-electron chi connectivity index (χ3n) is 4.23. The Kier molecular flexibility index (Phi) is 3.27. The van der Waals surface area contributed by atoms with Gasteiger partial charge in [0.25, 0.3) is 0 Å². The van der Waals surface area contributed by atoms with Crippen molar-refractivity contribution >= 4 is 5.69 Å². The van der Waals surface area contributed by atoms with Crippen LogP contribution in [0.3, 0.4) is 0 Å². The molecule has 0 radical (unpaired) electrons. The first-order chi connectivity index (χ1) is 9.56. The van der Waals surface area contributed by atoms with Crippen LogP contribution in [0.5, 0.6) is 0 Å². The maximum atomic E-state index is 10.8. The highest BCUT2D eigenvalue weighted by Gasteiger charge is 2.30. The summed E-state index contributed by atoms with van der Waals surface area (Å²) < 4.78 is 0. The summed E-state index contributed by atoms with van der Waals surface area (Å²) in [6.07, 6.45) is -0.436. The van der Waals surface area contributed by atoms with E-state index in [-0.39, 0.29) is 5.92 Å². The first-order valence-electron chi connectivity index (χ1n) is 7.16. The minimum Gasteiger partial charge on any atom is -0.388 e. The molecule has 0 bridgehead atoms. The highest BCUT2D eigenvalue weighted by molar-refractivity contribution is 5.60. The Morgan fingerprint density at radius 1 is 1.00 bits per heavy atom. The molecule has 0 fully saturated rings. The summed E-state index contributed by atoms with van der Waals surface area (Å²) in [6.45, 7) is 7.03. The summed E-state index contributed by atoms with van der Waals surface area (Å²) in [5.41, 5.74) is 6.97. The Bertz CT molecular complexity index is 631. The van der Waals surface area contributed by atoms with Crippen molar-refractivity contribution in [3.63, 3.8) is 0 Å². The van der Waals surface area contributed by atoms with Gasteiger partial charge in [-0.05, 0) is 43.5 Å². The van der Waals surface area contributed by atoms with Gasteiger partial charge < -0.3 is 10.4 Å². The molecule has 2 N–H and O–H groups in total. The predicted molar refractivity (Wildman–Crippen MR) is 83.3 cm³/mol. The van der Waals surface area contributed by atoms with Gasteiger partial charge in [-0.25, -0.2) is 0 Å². The van der Waals surface area contributed by atoms with E-state index in [9.17, 15) is 5.11 Å². The van der Waals surface area contributed by atoms with Crippen molar-refractivity contribution in [2.24, 2.45) is 0 Å². The first kappa shape index (κ1) is 13.2. The average Bonchev–Trinajstić information content (AvgIpc) is 2.39. The molecule has 2 nitrogen and oxygen atoms in total. The number of rotatable bonds is 1. The van der Waals surface area contributed by atoms with Gasteiger partial charge >= 0.3 is 0 Å². The van der Waals surface area contributed by atoms with Crippen molar-refractivity contribution in [3.05, 3.63) is 64.2 Å². The monoisotopic (exact) mass is 267 g/mol. The number of nitrogens with one attached hydrogen (secondary N) is 1. The first-order valence-corrected chi connectivity index (χ1v) is 7.16. The highest BCUT2D eigenvalue weighted by Crippen LogP contribution is 2.41. The lowest BCUT2D eigenvalue weighted by Crippen LogP contribution is -2.27. The molecule has 2 aromatic carbocycles. The van der Waals surface area contributed by atoms with Gasteiger partial charge in [0.15, 0.2) is 0 Å². The maximum absolute atomic E-state index is 10.8. The quantitative estimate of drug-likeness (QED) is 0.822. The molecule has 1 aliphatic heterocycles. The van der Waals surface area contributed by atoms with Gasteiger partial charge in [-0.1, -0.05) is 35.9 Å². The summed E-state index contributed by atoms with van der Waals surface area (Å²) in [5.74, 6) is 0.115. The summed E-state index contributed by atoms with van der Waals surface area (Å²) in [7, 11) is 0. The summed E-state index contributed by atoms with van der Waals surface area (Å²) in [6, 6.07) is 12.7. The zero-order chi connectivity index (χ0) is 14.3. The van der Waals surface area contributed by atoms with E-state index in [1.54, 1.807) is 0 Å². The fourth-order valence-corrected chi connectivity index (χ4v) is 3.16. The number of aliphatic hydroxyl groups excluding tert-OH is 1. The fraction of sp³-hybridized carbons (Fsp3) is 0.333. The van der Waals surface area contributed by atoms with Gasteiger partial charge in [0.2, 0.25) is 0 Å². The number of fused-ring (bicyclic) bond motifs is 1. The number of anilines is 1. The number of hydrogen-bond acceptors (Lipinski definition) is 2. The molecule has 0 aromatic heterocycles. The number of aliphatic hydroxyl groups is 1. The van der Waals surface area contributed by atoms with E-state index in [0.717, 1.165) is 23.4 Å². The second kappa shape index (κ2) is 4.95. The molecule has 1 heterocycles. The fourth-order valence-electron chi connectivity index (χ4n) is 3.16. The van der Waals surface area contributed by atoms with Crippen LogP contribution in [0, 0.1) is 20.8 Å².